The zero-order valence-corrected chi connectivity index (χ0v) is 8.10. The number of fused-ring (bicyclic) bond motifs is 1. The van der Waals surface area contributed by atoms with Crippen molar-refractivity contribution in [3.63, 3.8) is 0 Å². The second-order valence-corrected chi connectivity index (χ2v) is 2.85. The summed E-state index contributed by atoms with van der Waals surface area (Å²) in [7, 11) is 0. The molecule has 0 radical (unpaired) electrons. The second kappa shape index (κ2) is 4.27. The van der Waals surface area contributed by atoms with Gasteiger partial charge >= 0.3 is 17.1 Å². The average molecular weight is 235 g/mol. The molecule has 0 aromatic heterocycles. The van der Waals surface area contributed by atoms with E-state index in [9.17, 15) is 9.90 Å². The maximum absolute atomic E-state index is 10.5. The Morgan fingerprint density at radius 1 is 1.00 bits per heavy atom. The molecule has 0 aliphatic rings. The number of aromatic carboxylic acids is 1. The van der Waals surface area contributed by atoms with Crippen molar-refractivity contribution < 1.29 is 27.0 Å². The Kier molecular flexibility index (Phi) is 3.28. The summed E-state index contributed by atoms with van der Waals surface area (Å²) in [5.74, 6) is -1.13. The zero-order valence-electron chi connectivity index (χ0n) is 7.16. The third-order valence-electron chi connectivity index (χ3n) is 1.99. The first-order valence-corrected chi connectivity index (χ1v) is 3.97. The predicted octanol–water partition coefficient (Wildman–Crippen LogP) is 1.20. The van der Waals surface area contributed by atoms with Crippen molar-refractivity contribution in [3.05, 3.63) is 48.0 Å². The molecule has 0 heterocycles. The van der Waals surface area contributed by atoms with E-state index < -0.39 is 5.97 Å². The minimum Gasteiger partial charge on any atom is -0.545 e. The van der Waals surface area contributed by atoms with Crippen LogP contribution in [-0.4, -0.2) is 5.97 Å². The molecule has 14 heavy (non-hydrogen) atoms. The third-order valence-corrected chi connectivity index (χ3v) is 1.99. The van der Waals surface area contributed by atoms with Gasteiger partial charge in [-0.2, -0.15) is 0 Å². The Balaban J connectivity index is 0.000000980. The molecule has 0 N–H and O–H groups in total. The third kappa shape index (κ3) is 1.95. The van der Waals surface area contributed by atoms with Crippen LogP contribution in [0.2, 0.25) is 0 Å². The van der Waals surface area contributed by atoms with Crippen LogP contribution >= 0.6 is 0 Å². The first kappa shape index (κ1) is 10.8. The molecule has 3 heteroatoms. The van der Waals surface area contributed by atoms with Crippen LogP contribution in [0.15, 0.2) is 42.5 Å². The Bertz CT molecular complexity index is 466. The van der Waals surface area contributed by atoms with Crippen LogP contribution in [0.1, 0.15) is 10.4 Å². The summed E-state index contributed by atoms with van der Waals surface area (Å²) in [5, 5.41) is 12.5. The predicted molar refractivity (Wildman–Crippen MR) is 48.3 cm³/mol. The van der Waals surface area contributed by atoms with Gasteiger partial charge in [0.1, 0.15) is 0 Å². The Morgan fingerprint density at radius 2 is 1.64 bits per heavy atom. The van der Waals surface area contributed by atoms with E-state index in [-0.39, 0.29) is 22.6 Å². The standard InChI is InChI=1S/C11H8O2.Cu/c12-11(13)10-6-5-8-3-1-2-4-9(8)7-10;/h1-7H,(H,12,13);/q;+1/p-1. The van der Waals surface area contributed by atoms with Gasteiger partial charge in [-0.05, 0) is 22.4 Å². The van der Waals surface area contributed by atoms with Gasteiger partial charge < -0.3 is 9.90 Å². The van der Waals surface area contributed by atoms with Crippen molar-refractivity contribution >= 4 is 16.7 Å². The molecule has 2 aromatic carbocycles. The van der Waals surface area contributed by atoms with Crippen LogP contribution in [0.25, 0.3) is 10.8 Å². The van der Waals surface area contributed by atoms with Crippen LogP contribution in [0.3, 0.4) is 0 Å². The van der Waals surface area contributed by atoms with Crippen molar-refractivity contribution in [3.8, 4) is 0 Å². The number of rotatable bonds is 1. The quantitative estimate of drug-likeness (QED) is 0.696. The molecule has 0 amide bonds. The van der Waals surface area contributed by atoms with Gasteiger partial charge in [0.15, 0.2) is 0 Å². The SMILES string of the molecule is O=C([O-])c1ccc2ccccc2c1.[Cu+]. The first-order valence-electron chi connectivity index (χ1n) is 3.97. The fraction of sp³-hybridized carbons (Fsp3) is 0. The summed E-state index contributed by atoms with van der Waals surface area (Å²) in [6.07, 6.45) is 0. The summed E-state index contributed by atoms with van der Waals surface area (Å²) in [6.45, 7) is 0. The molecule has 0 aliphatic carbocycles. The number of carboxylic acids is 1. The van der Waals surface area contributed by atoms with Crippen LogP contribution in [0, 0.1) is 0 Å². The van der Waals surface area contributed by atoms with Gasteiger partial charge in [0.2, 0.25) is 0 Å². The monoisotopic (exact) mass is 234 g/mol. The molecule has 0 saturated carbocycles. The zero-order chi connectivity index (χ0) is 9.26. The van der Waals surface area contributed by atoms with E-state index in [4.69, 9.17) is 0 Å². The van der Waals surface area contributed by atoms with E-state index in [1.54, 1.807) is 18.2 Å². The van der Waals surface area contributed by atoms with Crippen LogP contribution in [0.5, 0.6) is 0 Å². The normalized spacial score (nSPS) is 9.43. The van der Waals surface area contributed by atoms with Crippen molar-refractivity contribution in [2.75, 3.05) is 0 Å². The topological polar surface area (TPSA) is 40.1 Å². The van der Waals surface area contributed by atoms with E-state index in [1.807, 2.05) is 24.3 Å². The number of carbonyl (C=O) groups excluding carboxylic acids is 1. The Morgan fingerprint density at radius 3 is 2.29 bits per heavy atom. The van der Waals surface area contributed by atoms with Crippen LogP contribution in [-0.2, 0) is 17.1 Å². The number of carboxylic acid groups (broad SMARTS) is 1. The van der Waals surface area contributed by atoms with Crippen molar-refractivity contribution in [1.82, 2.24) is 0 Å². The summed E-state index contributed by atoms with van der Waals surface area (Å²) < 4.78 is 0. The van der Waals surface area contributed by atoms with Crippen LogP contribution < -0.4 is 5.11 Å². The van der Waals surface area contributed by atoms with E-state index in [2.05, 4.69) is 0 Å². The Hall–Kier alpha value is -1.31. The van der Waals surface area contributed by atoms with Gasteiger partial charge in [0.25, 0.3) is 0 Å². The van der Waals surface area contributed by atoms with Crippen molar-refractivity contribution in [1.29, 1.82) is 0 Å². The van der Waals surface area contributed by atoms with Gasteiger partial charge in [-0.25, -0.2) is 0 Å². The molecular formula is C11H7CuO2. The average Bonchev–Trinajstić information content (AvgIpc) is 2.17. The fourth-order valence-corrected chi connectivity index (χ4v) is 1.32. The van der Waals surface area contributed by atoms with Crippen molar-refractivity contribution in [2.24, 2.45) is 0 Å². The van der Waals surface area contributed by atoms with Gasteiger partial charge in [-0.15, -0.1) is 0 Å². The molecule has 0 atom stereocenters. The second-order valence-electron chi connectivity index (χ2n) is 2.85. The van der Waals surface area contributed by atoms with E-state index in [0.717, 1.165) is 10.8 Å². The maximum atomic E-state index is 10.5. The number of benzene rings is 2. The van der Waals surface area contributed by atoms with Gasteiger partial charge in [-0.3, -0.25) is 0 Å². The largest absolute Gasteiger partial charge is 1.00 e. The Labute approximate surface area is 92.0 Å². The van der Waals surface area contributed by atoms with Crippen molar-refractivity contribution in [2.45, 2.75) is 0 Å². The molecule has 0 saturated heterocycles. The van der Waals surface area contributed by atoms with Gasteiger partial charge in [0.05, 0.1) is 5.97 Å². The molecule has 0 bridgehead atoms. The molecule has 0 unspecified atom stereocenters. The summed E-state index contributed by atoms with van der Waals surface area (Å²) >= 11 is 0. The molecule has 0 aliphatic heterocycles. The number of hydrogen-bond donors (Lipinski definition) is 0. The number of hydrogen-bond acceptors (Lipinski definition) is 2. The number of carbonyl (C=O) groups is 1. The molecule has 74 valence electrons. The molecule has 2 rings (SSSR count). The van der Waals surface area contributed by atoms with Gasteiger partial charge in [-0.1, -0.05) is 36.4 Å². The minimum absolute atomic E-state index is 0. The summed E-state index contributed by atoms with van der Waals surface area (Å²) in [6, 6.07) is 12.6. The van der Waals surface area contributed by atoms with Crippen LogP contribution in [0.4, 0.5) is 0 Å². The van der Waals surface area contributed by atoms with E-state index in [1.165, 1.54) is 0 Å². The molecule has 0 spiro atoms. The molecular weight excluding hydrogens is 228 g/mol. The molecule has 2 nitrogen and oxygen atoms in total. The van der Waals surface area contributed by atoms with Gasteiger partial charge in [0, 0.05) is 0 Å². The molecule has 2 aromatic rings. The minimum atomic E-state index is -1.13. The smallest absolute Gasteiger partial charge is 0.545 e. The van der Waals surface area contributed by atoms with E-state index in [0.29, 0.717) is 0 Å². The molecule has 0 fully saturated rings. The summed E-state index contributed by atoms with van der Waals surface area (Å²) in [4.78, 5) is 10.5. The summed E-state index contributed by atoms with van der Waals surface area (Å²) in [5.41, 5.74) is 0.221. The maximum Gasteiger partial charge on any atom is 1.00 e. The first-order chi connectivity index (χ1) is 6.27. The fourth-order valence-electron chi connectivity index (χ4n) is 1.32. The van der Waals surface area contributed by atoms with E-state index >= 15 is 0 Å².